The van der Waals surface area contributed by atoms with Crippen molar-refractivity contribution in [2.75, 3.05) is 14.2 Å². The van der Waals surface area contributed by atoms with Gasteiger partial charge in [-0.1, -0.05) is 44.9 Å². The number of carbonyl (C=O) groups excluding carboxylic acids is 2. The molecule has 2 aliphatic carbocycles. The van der Waals surface area contributed by atoms with Crippen molar-refractivity contribution in [3.8, 4) is 11.5 Å². The predicted molar refractivity (Wildman–Crippen MR) is 136 cm³/mol. The third-order valence-corrected chi connectivity index (χ3v) is 8.48. The summed E-state index contributed by atoms with van der Waals surface area (Å²) in [5.41, 5.74) is 0.443. The lowest BCUT2D eigenvalue weighted by Gasteiger charge is -2.47. The molecule has 0 spiro atoms. The van der Waals surface area contributed by atoms with E-state index in [-0.39, 0.29) is 23.9 Å². The minimum atomic E-state index is -0.971. The lowest BCUT2D eigenvalue weighted by atomic mass is 9.90. The molecule has 7 heteroatoms. The summed E-state index contributed by atoms with van der Waals surface area (Å²) in [6.07, 6.45) is 12.2. The second-order valence-corrected chi connectivity index (χ2v) is 10.8. The second kappa shape index (κ2) is 9.75. The summed E-state index contributed by atoms with van der Waals surface area (Å²) >= 11 is 0. The summed E-state index contributed by atoms with van der Waals surface area (Å²) in [6.45, 7) is 2.36. The molecule has 2 heterocycles. The molecule has 5 rings (SSSR count). The van der Waals surface area contributed by atoms with Gasteiger partial charge in [-0.15, -0.1) is 0 Å². The van der Waals surface area contributed by atoms with Crippen LogP contribution >= 0.6 is 0 Å². The van der Waals surface area contributed by atoms with Crippen molar-refractivity contribution in [2.24, 2.45) is 0 Å². The lowest BCUT2D eigenvalue weighted by molar-refractivity contribution is -0.135. The fourth-order valence-electron chi connectivity index (χ4n) is 6.59. The number of hydrogen-bond donors (Lipinski definition) is 1. The van der Waals surface area contributed by atoms with E-state index in [9.17, 15) is 9.59 Å². The van der Waals surface area contributed by atoms with Gasteiger partial charge < -0.3 is 24.3 Å². The maximum Gasteiger partial charge on any atom is 0.271 e. The van der Waals surface area contributed by atoms with Crippen molar-refractivity contribution in [3.63, 3.8) is 0 Å². The predicted octanol–water partition coefficient (Wildman–Crippen LogP) is 5.04. The zero-order valence-electron chi connectivity index (χ0n) is 21.4. The minimum absolute atomic E-state index is 0.0299. The van der Waals surface area contributed by atoms with Crippen molar-refractivity contribution in [3.05, 3.63) is 23.9 Å². The Morgan fingerprint density at radius 2 is 1.54 bits per heavy atom. The molecule has 1 aliphatic heterocycles. The van der Waals surface area contributed by atoms with Crippen LogP contribution in [0.1, 0.15) is 88.0 Å². The van der Waals surface area contributed by atoms with Crippen LogP contribution in [0.2, 0.25) is 0 Å². The van der Waals surface area contributed by atoms with Crippen molar-refractivity contribution < 1.29 is 19.1 Å². The third-order valence-electron chi connectivity index (χ3n) is 8.48. The lowest BCUT2D eigenvalue weighted by Crippen LogP contribution is -2.67. The van der Waals surface area contributed by atoms with Crippen LogP contribution in [0.15, 0.2) is 18.2 Å². The molecule has 1 aromatic heterocycles. The molecular formula is C28H39N3O4. The number of amides is 2. The van der Waals surface area contributed by atoms with Crippen molar-refractivity contribution >= 4 is 22.7 Å². The standard InChI is InChI=1S/C28H39N3O4/c1-28(27(33)29-19-11-7-5-4-6-8-12-19)18-30-22(26(32)31(28)20-13-9-10-14-20)17-21-23(34-2)15-16-24(35-3)25(21)30/h15-17,19-20H,4-14,18H2,1-3H3,(H,29,33)/t28-/m1/s1. The Morgan fingerprint density at radius 1 is 0.943 bits per heavy atom. The zero-order valence-corrected chi connectivity index (χ0v) is 21.4. The van der Waals surface area contributed by atoms with Crippen LogP contribution in [0.5, 0.6) is 11.5 Å². The summed E-state index contributed by atoms with van der Waals surface area (Å²) in [7, 11) is 3.27. The molecule has 35 heavy (non-hydrogen) atoms. The molecule has 7 nitrogen and oxygen atoms in total. The van der Waals surface area contributed by atoms with Crippen LogP contribution < -0.4 is 14.8 Å². The van der Waals surface area contributed by atoms with Crippen LogP contribution in [0, 0.1) is 0 Å². The van der Waals surface area contributed by atoms with E-state index in [2.05, 4.69) is 5.32 Å². The summed E-state index contributed by atoms with van der Waals surface area (Å²) in [5.74, 6) is 1.27. The fourth-order valence-corrected chi connectivity index (χ4v) is 6.59. The van der Waals surface area contributed by atoms with E-state index < -0.39 is 5.54 Å². The van der Waals surface area contributed by atoms with Gasteiger partial charge >= 0.3 is 0 Å². The number of nitrogens with zero attached hydrogens (tertiary/aromatic N) is 2. The van der Waals surface area contributed by atoms with E-state index in [1.54, 1.807) is 14.2 Å². The minimum Gasteiger partial charge on any atom is -0.496 e. The van der Waals surface area contributed by atoms with Crippen molar-refractivity contribution in [1.82, 2.24) is 14.8 Å². The van der Waals surface area contributed by atoms with Gasteiger partial charge in [0.25, 0.3) is 5.91 Å². The molecule has 0 unspecified atom stereocenters. The fraction of sp³-hybridized carbons (Fsp3) is 0.643. The number of rotatable bonds is 5. The number of ether oxygens (including phenoxy) is 2. The number of fused-ring (bicyclic) bond motifs is 3. The Balaban J connectivity index is 1.57. The molecule has 0 bridgehead atoms. The largest absolute Gasteiger partial charge is 0.496 e. The normalized spacial score (nSPS) is 24.2. The third kappa shape index (κ3) is 4.17. The first-order chi connectivity index (χ1) is 17.0. The monoisotopic (exact) mass is 481 g/mol. The Bertz CT molecular complexity index is 1100. The van der Waals surface area contributed by atoms with Crippen LogP contribution in [-0.2, 0) is 11.3 Å². The highest BCUT2D eigenvalue weighted by Gasteiger charge is 2.51. The summed E-state index contributed by atoms with van der Waals surface area (Å²) in [5, 5.41) is 4.23. The van der Waals surface area contributed by atoms with Crippen molar-refractivity contribution in [2.45, 2.75) is 102 Å². The van der Waals surface area contributed by atoms with E-state index >= 15 is 0 Å². The molecule has 1 atom stereocenters. The molecule has 0 radical (unpaired) electrons. The number of carbonyl (C=O) groups is 2. The number of hydrogen-bond acceptors (Lipinski definition) is 4. The van der Waals surface area contributed by atoms with Gasteiger partial charge in [-0.3, -0.25) is 9.59 Å². The average Bonchev–Trinajstić information content (AvgIpc) is 3.49. The van der Waals surface area contributed by atoms with Gasteiger partial charge in [-0.05, 0) is 50.8 Å². The second-order valence-electron chi connectivity index (χ2n) is 10.8. The highest BCUT2D eigenvalue weighted by molar-refractivity contribution is 6.06. The first-order valence-corrected chi connectivity index (χ1v) is 13.4. The maximum absolute atomic E-state index is 14.1. The molecule has 3 aliphatic rings. The number of benzene rings is 1. The maximum atomic E-state index is 14.1. The molecule has 1 aromatic carbocycles. The Kier molecular flexibility index (Phi) is 6.69. The van der Waals surface area contributed by atoms with Crippen LogP contribution in [0.25, 0.3) is 10.9 Å². The van der Waals surface area contributed by atoms with Gasteiger partial charge in [-0.25, -0.2) is 0 Å². The molecule has 2 fully saturated rings. The van der Waals surface area contributed by atoms with E-state index in [0.29, 0.717) is 23.7 Å². The summed E-state index contributed by atoms with van der Waals surface area (Å²) in [4.78, 5) is 30.1. The zero-order chi connectivity index (χ0) is 24.6. The van der Waals surface area contributed by atoms with Gasteiger partial charge in [-0.2, -0.15) is 0 Å². The quantitative estimate of drug-likeness (QED) is 0.649. The Hall–Kier alpha value is -2.70. The molecule has 2 saturated carbocycles. The van der Waals surface area contributed by atoms with E-state index in [4.69, 9.17) is 9.47 Å². The van der Waals surface area contributed by atoms with Gasteiger partial charge in [0.2, 0.25) is 5.91 Å². The molecule has 0 saturated heterocycles. The molecule has 190 valence electrons. The van der Waals surface area contributed by atoms with Gasteiger partial charge in [0, 0.05) is 17.5 Å². The number of nitrogens with one attached hydrogen (secondary N) is 1. The van der Waals surface area contributed by atoms with Gasteiger partial charge in [0.05, 0.1) is 26.3 Å². The van der Waals surface area contributed by atoms with Gasteiger partial charge in [0.15, 0.2) is 0 Å². The van der Waals surface area contributed by atoms with E-state index in [0.717, 1.165) is 62.3 Å². The first-order valence-electron chi connectivity index (χ1n) is 13.4. The Labute approximate surface area is 208 Å². The molecule has 2 aromatic rings. The first kappa shape index (κ1) is 24.0. The van der Waals surface area contributed by atoms with Crippen LogP contribution in [0.4, 0.5) is 0 Å². The van der Waals surface area contributed by atoms with Gasteiger partial charge in [0.1, 0.15) is 22.7 Å². The molecule has 1 N–H and O–H groups in total. The summed E-state index contributed by atoms with van der Waals surface area (Å²) < 4.78 is 13.3. The molecule has 2 amide bonds. The number of aromatic nitrogens is 1. The van der Waals surface area contributed by atoms with E-state index in [1.165, 1.54) is 19.3 Å². The van der Waals surface area contributed by atoms with Crippen LogP contribution in [-0.4, -0.2) is 53.1 Å². The van der Waals surface area contributed by atoms with Crippen LogP contribution in [0.3, 0.4) is 0 Å². The highest BCUT2D eigenvalue weighted by Crippen LogP contribution is 2.42. The average molecular weight is 482 g/mol. The van der Waals surface area contributed by atoms with Crippen molar-refractivity contribution in [1.29, 1.82) is 0 Å². The summed E-state index contributed by atoms with van der Waals surface area (Å²) in [6, 6.07) is 5.91. The molecular weight excluding hydrogens is 442 g/mol. The highest BCUT2D eigenvalue weighted by atomic mass is 16.5. The smallest absolute Gasteiger partial charge is 0.271 e. The number of methoxy groups -OCH3 is 2. The van der Waals surface area contributed by atoms with E-state index in [1.807, 2.05) is 34.6 Å². The topological polar surface area (TPSA) is 72.8 Å². The Morgan fingerprint density at radius 3 is 2.20 bits per heavy atom. The SMILES string of the molecule is COc1ccc(OC)c2c1cc1n2C[C@](C)(C(=O)NC2CCCCCCC2)N(C2CCCC2)C1=O.